The van der Waals surface area contributed by atoms with E-state index in [0.717, 1.165) is 6.20 Å². The van der Waals surface area contributed by atoms with Crippen LogP contribution in [0.4, 0.5) is 10.1 Å². The fraction of sp³-hybridized carbons (Fsp3) is 0.158. The summed E-state index contributed by atoms with van der Waals surface area (Å²) in [6, 6.07) is 14.8. The fourth-order valence-corrected chi connectivity index (χ4v) is 2.71. The Bertz CT molecular complexity index is 1060. The Morgan fingerprint density at radius 1 is 1.19 bits per heavy atom. The molecule has 0 fully saturated rings. The number of nitrogens with zero attached hydrogens (tertiary/aromatic N) is 4. The van der Waals surface area contributed by atoms with Gasteiger partial charge in [-0.1, -0.05) is 24.3 Å². The molecule has 1 aromatic heterocycles. The van der Waals surface area contributed by atoms with Crippen LogP contribution in [0.3, 0.4) is 0 Å². The summed E-state index contributed by atoms with van der Waals surface area (Å²) in [6.45, 7) is -0.240. The average molecular weight is 350 g/mol. The van der Waals surface area contributed by atoms with Crippen LogP contribution in [0.15, 0.2) is 59.5 Å². The monoisotopic (exact) mass is 350 g/mol. The molecule has 0 saturated heterocycles. The zero-order chi connectivity index (χ0) is 18.5. The van der Waals surface area contributed by atoms with E-state index in [1.165, 1.54) is 27.7 Å². The van der Waals surface area contributed by atoms with Gasteiger partial charge in [0.1, 0.15) is 12.4 Å². The molecule has 130 valence electrons. The molecule has 0 radical (unpaired) electrons. The zero-order valence-corrected chi connectivity index (χ0v) is 13.8. The molecule has 0 spiro atoms. The van der Waals surface area contributed by atoms with Gasteiger partial charge < -0.3 is 4.90 Å². The molecule has 0 atom stereocenters. The molecule has 7 heteroatoms. The lowest BCUT2D eigenvalue weighted by Gasteiger charge is -2.23. The third-order valence-corrected chi connectivity index (χ3v) is 3.94. The average Bonchev–Trinajstić information content (AvgIpc) is 2.65. The molecule has 0 aliphatic heterocycles. The number of para-hydroxylation sites is 3. The van der Waals surface area contributed by atoms with Gasteiger partial charge in [-0.3, -0.25) is 14.2 Å². The molecule has 0 unspecified atom stereocenters. The number of fused-ring (bicyclic) bond motifs is 1. The van der Waals surface area contributed by atoms with Gasteiger partial charge in [0.2, 0.25) is 5.91 Å². The number of nitriles is 1. The Kier molecular flexibility index (Phi) is 5.04. The maximum absolute atomic E-state index is 14.1. The van der Waals surface area contributed by atoms with Crippen molar-refractivity contribution in [3.05, 3.63) is 70.9 Å². The second-order valence-corrected chi connectivity index (χ2v) is 5.58. The largest absolute Gasteiger partial charge is 0.307 e. The Hall–Kier alpha value is -3.53. The minimum Gasteiger partial charge on any atom is -0.307 e. The van der Waals surface area contributed by atoms with Crippen LogP contribution in [0.1, 0.15) is 6.42 Å². The summed E-state index contributed by atoms with van der Waals surface area (Å²) in [7, 11) is 0. The van der Waals surface area contributed by atoms with Crippen molar-refractivity contribution in [3.8, 4) is 6.07 Å². The van der Waals surface area contributed by atoms with E-state index < -0.39 is 17.3 Å². The van der Waals surface area contributed by atoms with Crippen LogP contribution in [0.25, 0.3) is 11.0 Å². The summed E-state index contributed by atoms with van der Waals surface area (Å²) in [5.74, 6) is -1.05. The zero-order valence-electron chi connectivity index (χ0n) is 13.8. The van der Waals surface area contributed by atoms with Crippen molar-refractivity contribution in [2.24, 2.45) is 0 Å². The van der Waals surface area contributed by atoms with Gasteiger partial charge in [-0.15, -0.1) is 0 Å². The molecule has 2 aromatic carbocycles. The smallest absolute Gasteiger partial charge is 0.269 e. The van der Waals surface area contributed by atoms with E-state index >= 15 is 0 Å². The lowest BCUT2D eigenvalue weighted by atomic mass is 10.2. The molecule has 0 N–H and O–H groups in total. The second kappa shape index (κ2) is 7.57. The number of hydrogen-bond acceptors (Lipinski definition) is 4. The third-order valence-electron chi connectivity index (χ3n) is 3.94. The van der Waals surface area contributed by atoms with Gasteiger partial charge in [-0.2, -0.15) is 5.26 Å². The molecule has 0 aliphatic carbocycles. The van der Waals surface area contributed by atoms with E-state index in [-0.39, 0.29) is 25.2 Å². The van der Waals surface area contributed by atoms with E-state index in [0.29, 0.717) is 11.0 Å². The summed E-state index contributed by atoms with van der Waals surface area (Å²) < 4.78 is 15.4. The Morgan fingerprint density at radius 3 is 2.69 bits per heavy atom. The van der Waals surface area contributed by atoms with Crippen LogP contribution >= 0.6 is 0 Å². The van der Waals surface area contributed by atoms with E-state index in [1.54, 1.807) is 30.3 Å². The number of halogens is 1. The van der Waals surface area contributed by atoms with Crippen molar-refractivity contribution in [3.63, 3.8) is 0 Å². The highest BCUT2D eigenvalue weighted by Crippen LogP contribution is 2.20. The molecule has 3 rings (SSSR count). The summed E-state index contributed by atoms with van der Waals surface area (Å²) in [5, 5.41) is 8.84. The Morgan fingerprint density at radius 2 is 1.92 bits per heavy atom. The molecule has 0 aliphatic rings. The molecular formula is C19H15FN4O2. The summed E-state index contributed by atoms with van der Waals surface area (Å²) in [4.78, 5) is 30.3. The van der Waals surface area contributed by atoms with Crippen LogP contribution in [-0.4, -0.2) is 22.0 Å². The third kappa shape index (κ3) is 3.44. The Labute approximate surface area is 148 Å². The molecular weight excluding hydrogens is 335 g/mol. The molecule has 26 heavy (non-hydrogen) atoms. The van der Waals surface area contributed by atoms with E-state index in [4.69, 9.17) is 5.26 Å². The fourth-order valence-electron chi connectivity index (χ4n) is 2.71. The first-order valence-electron chi connectivity index (χ1n) is 7.98. The quantitative estimate of drug-likeness (QED) is 0.708. The first-order chi connectivity index (χ1) is 12.6. The van der Waals surface area contributed by atoms with Crippen molar-refractivity contribution in [2.75, 3.05) is 11.4 Å². The highest BCUT2D eigenvalue weighted by molar-refractivity contribution is 5.94. The van der Waals surface area contributed by atoms with Gasteiger partial charge in [-0.25, -0.2) is 9.37 Å². The lowest BCUT2D eigenvalue weighted by molar-refractivity contribution is -0.119. The topological polar surface area (TPSA) is 79.0 Å². The van der Waals surface area contributed by atoms with Gasteiger partial charge >= 0.3 is 0 Å². The van der Waals surface area contributed by atoms with Crippen molar-refractivity contribution in [1.29, 1.82) is 5.26 Å². The molecule has 0 bridgehead atoms. The molecule has 1 amide bonds. The number of benzene rings is 2. The first kappa shape index (κ1) is 17.3. The van der Waals surface area contributed by atoms with E-state index in [2.05, 4.69) is 4.98 Å². The highest BCUT2D eigenvalue weighted by Gasteiger charge is 2.20. The number of carbonyl (C=O) groups is 1. The summed E-state index contributed by atoms with van der Waals surface area (Å²) >= 11 is 0. The normalized spacial score (nSPS) is 10.5. The predicted octanol–water partition coefficient (Wildman–Crippen LogP) is 2.48. The Balaban J connectivity index is 1.99. The van der Waals surface area contributed by atoms with Crippen LogP contribution in [0, 0.1) is 17.1 Å². The molecule has 0 saturated carbocycles. The number of amides is 1. The lowest BCUT2D eigenvalue weighted by Crippen LogP contribution is -2.37. The number of carbonyl (C=O) groups excluding carboxylic acids is 1. The molecule has 3 aromatic rings. The van der Waals surface area contributed by atoms with Crippen molar-refractivity contribution >= 4 is 22.6 Å². The number of anilines is 1. The highest BCUT2D eigenvalue weighted by atomic mass is 19.1. The van der Waals surface area contributed by atoms with Gasteiger partial charge in [0.25, 0.3) is 5.56 Å². The van der Waals surface area contributed by atoms with Crippen molar-refractivity contribution in [2.45, 2.75) is 13.0 Å². The minimum absolute atomic E-state index is 0.0357. The maximum atomic E-state index is 14.1. The van der Waals surface area contributed by atoms with Gasteiger partial charge in [0.15, 0.2) is 0 Å². The van der Waals surface area contributed by atoms with Crippen LogP contribution < -0.4 is 10.5 Å². The molecule has 1 heterocycles. The van der Waals surface area contributed by atoms with Gasteiger partial charge in [-0.05, 0) is 24.3 Å². The second-order valence-electron chi connectivity index (χ2n) is 5.58. The van der Waals surface area contributed by atoms with Crippen LogP contribution in [0.2, 0.25) is 0 Å². The summed E-state index contributed by atoms with van der Waals surface area (Å²) in [6.07, 6.45) is 1.20. The standard InChI is InChI=1S/C19H15FN4O2/c20-14-6-1-3-8-16(14)23(11-5-10-21)19(26)13-24-17-9-4-2-7-15(17)22-12-18(24)25/h1-4,6-9,12H,5,11,13H2. The van der Waals surface area contributed by atoms with Crippen LogP contribution in [0.5, 0.6) is 0 Å². The predicted molar refractivity (Wildman–Crippen MR) is 95.0 cm³/mol. The van der Waals surface area contributed by atoms with Crippen molar-refractivity contribution in [1.82, 2.24) is 9.55 Å². The van der Waals surface area contributed by atoms with Gasteiger partial charge in [0, 0.05) is 6.54 Å². The van der Waals surface area contributed by atoms with E-state index in [1.807, 2.05) is 6.07 Å². The number of rotatable bonds is 5. The first-order valence-corrected chi connectivity index (χ1v) is 7.98. The van der Waals surface area contributed by atoms with Crippen LogP contribution in [-0.2, 0) is 11.3 Å². The number of aromatic nitrogens is 2. The van der Waals surface area contributed by atoms with E-state index in [9.17, 15) is 14.0 Å². The van der Waals surface area contributed by atoms with Crippen molar-refractivity contribution < 1.29 is 9.18 Å². The molecule has 6 nitrogen and oxygen atoms in total. The number of hydrogen-bond donors (Lipinski definition) is 0. The minimum atomic E-state index is -0.564. The maximum Gasteiger partial charge on any atom is 0.269 e. The summed E-state index contributed by atoms with van der Waals surface area (Å²) in [5.41, 5.74) is 0.751. The van der Waals surface area contributed by atoms with Gasteiger partial charge in [0.05, 0.1) is 35.4 Å². The SMILES string of the molecule is N#CCCN(C(=O)Cn1c(=O)cnc2ccccc21)c1ccccc1F.